The van der Waals surface area contributed by atoms with Gasteiger partial charge in [-0.3, -0.25) is 0 Å². The Kier molecular flexibility index (Phi) is 5.76. The van der Waals surface area contributed by atoms with Crippen molar-refractivity contribution in [3.63, 3.8) is 0 Å². The van der Waals surface area contributed by atoms with E-state index in [2.05, 4.69) is 12.2 Å². The van der Waals surface area contributed by atoms with Gasteiger partial charge in [-0.15, -0.1) is 11.3 Å². The second kappa shape index (κ2) is 7.57. The molecule has 0 saturated heterocycles. The third-order valence-corrected chi connectivity index (χ3v) is 4.36. The number of hydrogen-bond donors (Lipinski definition) is 1. The lowest BCUT2D eigenvalue weighted by atomic mass is 10.2. The molecule has 0 aliphatic carbocycles. The van der Waals surface area contributed by atoms with Gasteiger partial charge in [0.25, 0.3) is 0 Å². The summed E-state index contributed by atoms with van der Waals surface area (Å²) in [5.41, 5.74) is 0.999. The molecule has 0 fully saturated rings. The summed E-state index contributed by atoms with van der Waals surface area (Å²) in [6.07, 6.45) is 0. The second-order valence-corrected chi connectivity index (χ2v) is 6.28. The molecule has 0 saturated carbocycles. The fourth-order valence-corrected chi connectivity index (χ4v) is 3.09. The first-order chi connectivity index (χ1) is 10.1. The van der Waals surface area contributed by atoms with Crippen LogP contribution in [0.5, 0.6) is 11.5 Å². The first-order valence-electron chi connectivity index (χ1n) is 7.05. The normalized spacial score (nSPS) is 12.0. The summed E-state index contributed by atoms with van der Waals surface area (Å²) in [5, 5.41) is 3.46. The number of halogens is 1. The third-order valence-electron chi connectivity index (χ3n) is 2.95. The molecule has 0 spiro atoms. The molecule has 1 aromatic heterocycles. The number of benzene rings is 1. The molecule has 0 radical (unpaired) electrons. The summed E-state index contributed by atoms with van der Waals surface area (Å²) in [6.45, 7) is 7.27. The molecule has 1 aromatic carbocycles. The highest BCUT2D eigenvalue weighted by molar-refractivity contribution is 7.16. The van der Waals surface area contributed by atoms with Crippen molar-refractivity contribution < 1.29 is 9.47 Å². The van der Waals surface area contributed by atoms with E-state index < -0.39 is 0 Å². The van der Waals surface area contributed by atoms with Crippen molar-refractivity contribution in [3.05, 3.63) is 39.5 Å². The first-order valence-corrected chi connectivity index (χ1v) is 8.24. The number of ether oxygens (including phenoxy) is 2. The van der Waals surface area contributed by atoms with Crippen LogP contribution in [0.3, 0.4) is 0 Å². The van der Waals surface area contributed by atoms with Crippen LogP contribution in [0.15, 0.2) is 30.3 Å². The van der Waals surface area contributed by atoms with Crippen molar-refractivity contribution >= 4 is 28.6 Å². The van der Waals surface area contributed by atoms with Crippen LogP contribution in [0.4, 0.5) is 5.69 Å². The minimum absolute atomic E-state index is 0.190. The van der Waals surface area contributed by atoms with Gasteiger partial charge >= 0.3 is 0 Å². The molecule has 1 heterocycles. The van der Waals surface area contributed by atoms with Crippen LogP contribution in [0.1, 0.15) is 31.7 Å². The quantitative estimate of drug-likeness (QED) is 0.742. The molecular formula is C16H20ClNO2S. The molecule has 1 atom stereocenters. The summed E-state index contributed by atoms with van der Waals surface area (Å²) in [7, 11) is 0. The van der Waals surface area contributed by atoms with Crippen LogP contribution in [0.2, 0.25) is 4.34 Å². The molecule has 0 aliphatic rings. The number of thiophene rings is 1. The summed E-state index contributed by atoms with van der Waals surface area (Å²) < 4.78 is 12.0. The zero-order chi connectivity index (χ0) is 15.2. The third kappa shape index (κ3) is 4.29. The number of nitrogens with one attached hydrogen (secondary N) is 1. The number of hydrogen-bond acceptors (Lipinski definition) is 4. The van der Waals surface area contributed by atoms with Gasteiger partial charge in [0, 0.05) is 16.6 Å². The van der Waals surface area contributed by atoms with Crippen LogP contribution in [-0.2, 0) is 0 Å². The second-order valence-electron chi connectivity index (χ2n) is 4.54. The molecular weight excluding hydrogens is 306 g/mol. The molecule has 0 amide bonds. The van der Waals surface area contributed by atoms with Gasteiger partial charge in [0.15, 0.2) is 11.5 Å². The lowest BCUT2D eigenvalue weighted by molar-refractivity contribution is 0.288. The van der Waals surface area contributed by atoms with Gasteiger partial charge in [-0.1, -0.05) is 11.6 Å². The van der Waals surface area contributed by atoms with E-state index in [-0.39, 0.29) is 6.04 Å². The van der Waals surface area contributed by atoms with E-state index in [9.17, 15) is 0 Å². The van der Waals surface area contributed by atoms with Crippen LogP contribution < -0.4 is 14.8 Å². The summed E-state index contributed by atoms with van der Waals surface area (Å²) in [5.74, 6) is 1.54. The van der Waals surface area contributed by atoms with Gasteiger partial charge in [-0.2, -0.15) is 0 Å². The smallest absolute Gasteiger partial charge is 0.163 e. The summed E-state index contributed by atoms with van der Waals surface area (Å²) >= 11 is 7.57. The monoisotopic (exact) mass is 325 g/mol. The van der Waals surface area contributed by atoms with Gasteiger partial charge in [0.05, 0.1) is 23.6 Å². The fourth-order valence-electron chi connectivity index (χ4n) is 2.02. The Labute approximate surface area is 134 Å². The van der Waals surface area contributed by atoms with Crippen LogP contribution in [0, 0.1) is 0 Å². The van der Waals surface area contributed by atoms with Crippen molar-refractivity contribution in [1.29, 1.82) is 0 Å². The maximum absolute atomic E-state index is 5.98. The predicted octanol–water partition coefficient (Wildman–Crippen LogP) is 5.37. The van der Waals surface area contributed by atoms with Crippen molar-refractivity contribution in [2.24, 2.45) is 0 Å². The SMILES string of the molecule is CCOc1ccc(NC(C)c2ccc(Cl)s2)cc1OCC. The van der Waals surface area contributed by atoms with E-state index in [0.29, 0.717) is 13.2 Å². The van der Waals surface area contributed by atoms with Crippen molar-refractivity contribution in [1.82, 2.24) is 0 Å². The van der Waals surface area contributed by atoms with Crippen molar-refractivity contribution in [2.75, 3.05) is 18.5 Å². The van der Waals surface area contributed by atoms with E-state index in [1.165, 1.54) is 4.88 Å². The Morgan fingerprint density at radius 2 is 1.81 bits per heavy atom. The standard InChI is InChI=1S/C16H20ClNO2S/c1-4-19-13-7-6-12(10-14(13)20-5-2)18-11(3)15-8-9-16(17)21-15/h6-11,18H,4-5H2,1-3H3. The van der Waals surface area contributed by atoms with E-state index in [1.54, 1.807) is 11.3 Å². The van der Waals surface area contributed by atoms with Gasteiger partial charge in [0.2, 0.25) is 0 Å². The Balaban J connectivity index is 2.14. The van der Waals surface area contributed by atoms with Gasteiger partial charge < -0.3 is 14.8 Å². The predicted molar refractivity (Wildman–Crippen MR) is 90.1 cm³/mol. The van der Waals surface area contributed by atoms with Gasteiger partial charge in [0.1, 0.15) is 0 Å². The lowest BCUT2D eigenvalue weighted by Gasteiger charge is -2.16. The Morgan fingerprint density at radius 1 is 1.10 bits per heavy atom. The molecule has 2 rings (SSSR count). The highest BCUT2D eigenvalue weighted by Gasteiger charge is 2.11. The molecule has 1 unspecified atom stereocenters. The first kappa shape index (κ1) is 16.0. The Morgan fingerprint density at radius 3 is 2.43 bits per heavy atom. The minimum Gasteiger partial charge on any atom is -0.490 e. The highest BCUT2D eigenvalue weighted by atomic mass is 35.5. The molecule has 3 nitrogen and oxygen atoms in total. The van der Waals surface area contributed by atoms with E-state index in [4.69, 9.17) is 21.1 Å². The average Bonchev–Trinajstić information content (AvgIpc) is 2.89. The van der Waals surface area contributed by atoms with Crippen LogP contribution >= 0.6 is 22.9 Å². The Hall–Kier alpha value is -1.39. The van der Waals surface area contributed by atoms with E-state index in [0.717, 1.165) is 21.5 Å². The number of anilines is 1. The van der Waals surface area contributed by atoms with Crippen LogP contribution in [0.25, 0.3) is 0 Å². The molecule has 21 heavy (non-hydrogen) atoms. The van der Waals surface area contributed by atoms with E-state index in [1.807, 2.05) is 44.2 Å². The number of rotatable bonds is 7. The zero-order valence-electron chi connectivity index (χ0n) is 12.5. The molecule has 0 aliphatic heterocycles. The largest absolute Gasteiger partial charge is 0.490 e. The topological polar surface area (TPSA) is 30.5 Å². The zero-order valence-corrected chi connectivity index (χ0v) is 14.1. The maximum Gasteiger partial charge on any atom is 0.163 e. The highest BCUT2D eigenvalue weighted by Crippen LogP contribution is 2.33. The molecule has 2 aromatic rings. The maximum atomic E-state index is 5.98. The van der Waals surface area contributed by atoms with Gasteiger partial charge in [-0.25, -0.2) is 0 Å². The van der Waals surface area contributed by atoms with Crippen LogP contribution in [-0.4, -0.2) is 13.2 Å². The molecule has 5 heteroatoms. The fraction of sp³-hybridized carbons (Fsp3) is 0.375. The average molecular weight is 326 g/mol. The van der Waals surface area contributed by atoms with E-state index >= 15 is 0 Å². The minimum atomic E-state index is 0.190. The molecule has 1 N–H and O–H groups in total. The summed E-state index contributed by atoms with van der Waals surface area (Å²) in [6, 6.07) is 10.1. The molecule has 0 bridgehead atoms. The Bertz CT molecular complexity index is 585. The van der Waals surface area contributed by atoms with Crippen molar-refractivity contribution in [3.8, 4) is 11.5 Å². The van der Waals surface area contributed by atoms with Crippen molar-refractivity contribution in [2.45, 2.75) is 26.8 Å². The molecule has 114 valence electrons. The summed E-state index contributed by atoms with van der Waals surface area (Å²) in [4.78, 5) is 1.20. The lowest BCUT2D eigenvalue weighted by Crippen LogP contribution is -2.05. The van der Waals surface area contributed by atoms with Gasteiger partial charge in [-0.05, 0) is 45.0 Å².